The van der Waals surface area contributed by atoms with Crippen LogP contribution in [0.3, 0.4) is 0 Å². The summed E-state index contributed by atoms with van der Waals surface area (Å²) < 4.78 is 11.9. The lowest BCUT2D eigenvalue weighted by Gasteiger charge is -2.41. The summed E-state index contributed by atoms with van der Waals surface area (Å²) >= 11 is 0. The van der Waals surface area contributed by atoms with Gasteiger partial charge in [-0.2, -0.15) is 0 Å². The minimum absolute atomic E-state index is 0.0426. The molecule has 0 radical (unpaired) electrons. The van der Waals surface area contributed by atoms with Gasteiger partial charge >= 0.3 is 0 Å². The van der Waals surface area contributed by atoms with Crippen molar-refractivity contribution in [3.8, 4) is 0 Å². The van der Waals surface area contributed by atoms with Gasteiger partial charge in [-0.25, -0.2) is 0 Å². The molecular weight excluding hydrogens is 262 g/mol. The zero-order chi connectivity index (χ0) is 15.7. The average Bonchev–Trinajstić information content (AvgIpc) is 2.44. The second-order valence-corrected chi connectivity index (χ2v) is 7.21. The third-order valence-corrected chi connectivity index (χ3v) is 4.70. The Labute approximate surface area is 132 Å². The van der Waals surface area contributed by atoms with Gasteiger partial charge in [0.05, 0.1) is 24.9 Å². The Kier molecular flexibility index (Phi) is 8.84. The standard InChI is InChI=1S/C18H37NO2/c1-6-11-19-14-18(21-13-12-20-16(4)5)9-7-17(8-10-18)15(2)3/h15-17,19H,6-14H2,1-5H3. The Morgan fingerprint density at radius 3 is 2.29 bits per heavy atom. The van der Waals surface area contributed by atoms with Crippen molar-refractivity contribution in [2.45, 2.75) is 78.4 Å². The van der Waals surface area contributed by atoms with Crippen LogP contribution in [0.1, 0.15) is 66.7 Å². The van der Waals surface area contributed by atoms with Crippen molar-refractivity contribution in [2.24, 2.45) is 11.8 Å². The highest BCUT2D eigenvalue weighted by Crippen LogP contribution is 2.37. The van der Waals surface area contributed by atoms with Gasteiger partial charge in [0.15, 0.2) is 0 Å². The van der Waals surface area contributed by atoms with E-state index in [4.69, 9.17) is 9.47 Å². The molecule has 126 valence electrons. The first-order valence-corrected chi connectivity index (χ1v) is 8.95. The molecule has 3 nitrogen and oxygen atoms in total. The molecule has 1 rings (SSSR count). The number of hydrogen-bond donors (Lipinski definition) is 1. The summed E-state index contributed by atoms with van der Waals surface area (Å²) in [6.45, 7) is 14.6. The predicted octanol–water partition coefficient (Wildman–Crippen LogP) is 4.01. The number of ether oxygens (including phenoxy) is 2. The van der Waals surface area contributed by atoms with Crippen molar-refractivity contribution in [1.82, 2.24) is 5.32 Å². The minimum atomic E-state index is 0.0426. The van der Waals surface area contributed by atoms with Crippen molar-refractivity contribution < 1.29 is 9.47 Å². The molecule has 1 aliphatic rings. The Morgan fingerprint density at radius 1 is 1.10 bits per heavy atom. The van der Waals surface area contributed by atoms with Crippen molar-refractivity contribution >= 4 is 0 Å². The van der Waals surface area contributed by atoms with Crippen molar-refractivity contribution in [3.63, 3.8) is 0 Å². The fraction of sp³-hybridized carbons (Fsp3) is 1.00. The molecule has 0 unspecified atom stereocenters. The van der Waals surface area contributed by atoms with E-state index in [1.807, 2.05) is 0 Å². The van der Waals surface area contributed by atoms with Gasteiger partial charge in [0.2, 0.25) is 0 Å². The molecule has 0 bridgehead atoms. The zero-order valence-corrected chi connectivity index (χ0v) is 14.9. The zero-order valence-electron chi connectivity index (χ0n) is 14.9. The maximum atomic E-state index is 6.31. The molecule has 3 heteroatoms. The van der Waals surface area contributed by atoms with Gasteiger partial charge in [0, 0.05) is 6.54 Å². The monoisotopic (exact) mass is 299 g/mol. The van der Waals surface area contributed by atoms with E-state index < -0.39 is 0 Å². The number of hydrogen-bond acceptors (Lipinski definition) is 3. The first-order chi connectivity index (χ1) is 9.99. The van der Waals surface area contributed by atoms with Crippen LogP contribution in [0, 0.1) is 11.8 Å². The summed E-state index contributed by atoms with van der Waals surface area (Å²) in [5.74, 6) is 1.68. The fourth-order valence-electron chi connectivity index (χ4n) is 3.24. The van der Waals surface area contributed by atoms with Gasteiger partial charge in [-0.1, -0.05) is 20.8 Å². The first kappa shape index (κ1) is 18.9. The molecule has 0 heterocycles. The maximum Gasteiger partial charge on any atom is 0.0807 e. The van der Waals surface area contributed by atoms with Gasteiger partial charge in [0.25, 0.3) is 0 Å². The topological polar surface area (TPSA) is 30.5 Å². The van der Waals surface area contributed by atoms with Crippen molar-refractivity contribution in [1.29, 1.82) is 0 Å². The number of nitrogens with one attached hydrogen (secondary N) is 1. The van der Waals surface area contributed by atoms with Crippen LogP contribution in [0.4, 0.5) is 0 Å². The normalized spacial score (nSPS) is 26.7. The van der Waals surface area contributed by atoms with Crippen LogP contribution in [0.2, 0.25) is 0 Å². The van der Waals surface area contributed by atoms with Gasteiger partial charge < -0.3 is 14.8 Å². The van der Waals surface area contributed by atoms with Crippen LogP contribution < -0.4 is 5.32 Å². The molecule has 0 atom stereocenters. The summed E-state index contributed by atoms with van der Waals surface area (Å²) in [6, 6.07) is 0. The highest BCUT2D eigenvalue weighted by molar-refractivity contribution is 4.90. The lowest BCUT2D eigenvalue weighted by atomic mass is 9.74. The van der Waals surface area contributed by atoms with E-state index in [0.717, 1.165) is 31.5 Å². The largest absolute Gasteiger partial charge is 0.376 e. The summed E-state index contributed by atoms with van der Waals surface area (Å²) in [5.41, 5.74) is 0.0426. The summed E-state index contributed by atoms with van der Waals surface area (Å²) in [4.78, 5) is 0. The van der Waals surface area contributed by atoms with Gasteiger partial charge in [-0.05, 0) is 64.3 Å². The van der Waals surface area contributed by atoms with E-state index in [1.54, 1.807) is 0 Å². The lowest BCUT2D eigenvalue weighted by Crippen LogP contribution is -2.47. The van der Waals surface area contributed by atoms with Crippen LogP contribution in [-0.4, -0.2) is 38.0 Å². The number of rotatable bonds is 10. The molecule has 1 N–H and O–H groups in total. The SMILES string of the molecule is CCCNCC1(OCCOC(C)C)CCC(C(C)C)CC1. The molecule has 1 saturated carbocycles. The van der Waals surface area contributed by atoms with Gasteiger partial charge in [-0.3, -0.25) is 0 Å². The maximum absolute atomic E-state index is 6.31. The molecule has 0 amide bonds. The average molecular weight is 299 g/mol. The Balaban J connectivity index is 2.43. The highest BCUT2D eigenvalue weighted by Gasteiger charge is 2.36. The third kappa shape index (κ3) is 7.12. The summed E-state index contributed by atoms with van der Waals surface area (Å²) in [5, 5.41) is 3.57. The van der Waals surface area contributed by atoms with E-state index in [9.17, 15) is 0 Å². The highest BCUT2D eigenvalue weighted by atomic mass is 16.5. The van der Waals surface area contributed by atoms with E-state index in [-0.39, 0.29) is 5.60 Å². The first-order valence-electron chi connectivity index (χ1n) is 8.95. The van der Waals surface area contributed by atoms with E-state index in [2.05, 4.69) is 39.9 Å². The molecule has 0 aromatic heterocycles. The molecular formula is C18H37NO2. The Hall–Kier alpha value is -0.120. The van der Waals surface area contributed by atoms with Crippen LogP contribution in [0.15, 0.2) is 0 Å². The smallest absolute Gasteiger partial charge is 0.0807 e. The van der Waals surface area contributed by atoms with Crippen LogP contribution in [0.5, 0.6) is 0 Å². The molecule has 0 aliphatic heterocycles. The Morgan fingerprint density at radius 2 is 1.76 bits per heavy atom. The molecule has 0 aromatic carbocycles. The Bertz CT molecular complexity index is 258. The molecule has 0 aromatic rings. The minimum Gasteiger partial charge on any atom is -0.376 e. The second kappa shape index (κ2) is 9.81. The molecule has 0 spiro atoms. The predicted molar refractivity (Wildman–Crippen MR) is 89.7 cm³/mol. The molecule has 1 aliphatic carbocycles. The van der Waals surface area contributed by atoms with E-state index in [0.29, 0.717) is 12.7 Å². The second-order valence-electron chi connectivity index (χ2n) is 7.21. The summed E-state index contributed by atoms with van der Waals surface area (Å²) in [7, 11) is 0. The van der Waals surface area contributed by atoms with Gasteiger partial charge in [0.1, 0.15) is 0 Å². The van der Waals surface area contributed by atoms with Crippen LogP contribution in [-0.2, 0) is 9.47 Å². The quantitative estimate of drug-likeness (QED) is 0.618. The summed E-state index contributed by atoms with van der Waals surface area (Å²) in [6.07, 6.45) is 6.45. The fourth-order valence-corrected chi connectivity index (χ4v) is 3.24. The molecule has 0 saturated heterocycles. The van der Waals surface area contributed by atoms with E-state index >= 15 is 0 Å². The van der Waals surface area contributed by atoms with Crippen molar-refractivity contribution in [3.05, 3.63) is 0 Å². The third-order valence-electron chi connectivity index (χ3n) is 4.70. The van der Waals surface area contributed by atoms with Crippen molar-refractivity contribution in [2.75, 3.05) is 26.3 Å². The molecule has 1 fully saturated rings. The van der Waals surface area contributed by atoms with Crippen LogP contribution in [0.25, 0.3) is 0 Å². The molecule has 21 heavy (non-hydrogen) atoms. The van der Waals surface area contributed by atoms with Gasteiger partial charge in [-0.15, -0.1) is 0 Å². The lowest BCUT2D eigenvalue weighted by molar-refractivity contribution is -0.0996. The van der Waals surface area contributed by atoms with E-state index in [1.165, 1.54) is 32.1 Å². The van der Waals surface area contributed by atoms with Crippen LogP contribution >= 0.6 is 0 Å².